The number of aromatic nitrogens is 1. The molecule has 0 aliphatic rings. The molecular weight excluding hydrogens is 464 g/mol. The van der Waals surface area contributed by atoms with Gasteiger partial charge < -0.3 is 9.32 Å². The largest absolute Gasteiger partial charge is 0.428 e. The second kappa shape index (κ2) is 14.5. The van der Waals surface area contributed by atoms with Crippen LogP contribution in [0.3, 0.4) is 0 Å². The Hall–Kier alpha value is -2.50. The molecule has 0 saturated heterocycles. The zero-order valence-electron chi connectivity index (χ0n) is 17.7. The van der Waals surface area contributed by atoms with Gasteiger partial charge in [-0.25, -0.2) is 0 Å². The third-order valence-electron chi connectivity index (χ3n) is 3.69. The van der Waals surface area contributed by atoms with Gasteiger partial charge in [0.05, 0.1) is 6.07 Å². The minimum atomic E-state index is -0.295. The molecule has 0 bridgehead atoms. The lowest BCUT2D eigenvalue weighted by Gasteiger charge is -2.16. The lowest BCUT2D eigenvalue weighted by atomic mass is 10.2. The van der Waals surface area contributed by atoms with E-state index in [0.717, 1.165) is 10.9 Å². The number of halogens is 1. The highest BCUT2D eigenvalue weighted by atomic mass is 79.9. The summed E-state index contributed by atoms with van der Waals surface area (Å²) in [5.41, 5.74) is 0.867. The van der Waals surface area contributed by atoms with Gasteiger partial charge in [-0.3, -0.25) is 9.52 Å². The summed E-state index contributed by atoms with van der Waals surface area (Å²) in [7, 11) is 0. The highest BCUT2D eigenvalue weighted by molar-refractivity contribution is 9.11. The molecule has 0 radical (unpaired) electrons. The van der Waals surface area contributed by atoms with Gasteiger partial charge in [-0.2, -0.15) is 10.2 Å². The number of rotatable bonds is 11. The maximum absolute atomic E-state index is 12.1. The fourth-order valence-corrected chi connectivity index (χ4v) is 3.04. The molecule has 1 aromatic rings. The first-order valence-corrected chi connectivity index (χ1v) is 11.5. The van der Waals surface area contributed by atoms with Crippen LogP contribution in [0.1, 0.15) is 36.5 Å². The van der Waals surface area contributed by atoms with E-state index < -0.39 is 0 Å². The predicted octanol–water partition coefficient (Wildman–Crippen LogP) is 5.62. The molecule has 0 spiro atoms. The molecule has 1 rings (SSSR count). The number of carbonyl (C=O) groups is 1. The Bertz CT molecular complexity index is 891. The van der Waals surface area contributed by atoms with Crippen molar-refractivity contribution in [3.8, 4) is 6.07 Å². The fraction of sp³-hybridized carbons (Fsp3) is 0.318. The van der Waals surface area contributed by atoms with Gasteiger partial charge in [0.2, 0.25) is 0 Å². The molecular formula is C22H27BrN4O2S. The van der Waals surface area contributed by atoms with Crippen molar-refractivity contribution in [3.05, 3.63) is 70.1 Å². The first kappa shape index (κ1) is 25.5. The van der Waals surface area contributed by atoms with Crippen LogP contribution in [0.15, 0.2) is 63.1 Å². The summed E-state index contributed by atoms with van der Waals surface area (Å²) in [6, 6.07) is 2.51. The summed E-state index contributed by atoms with van der Waals surface area (Å²) in [4.78, 5) is 18.4. The monoisotopic (exact) mass is 490 g/mol. The third kappa shape index (κ3) is 8.89. The number of hydrogen-bond acceptors (Lipinski definition) is 6. The number of aryl methyl sites for hydroxylation is 1. The Morgan fingerprint density at radius 3 is 2.73 bits per heavy atom. The van der Waals surface area contributed by atoms with Crippen molar-refractivity contribution < 1.29 is 9.21 Å². The third-order valence-corrected chi connectivity index (χ3v) is 4.60. The van der Waals surface area contributed by atoms with Gasteiger partial charge in [0.1, 0.15) is 5.76 Å². The van der Waals surface area contributed by atoms with E-state index in [0.29, 0.717) is 30.4 Å². The van der Waals surface area contributed by atoms with Crippen molar-refractivity contribution in [2.45, 2.75) is 27.2 Å². The van der Waals surface area contributed by atoms with Crippen molar-refractivity contribution in [3.63, 3.8) is 0 Å². The number of nitrogens with zero attached hydrogens (tertiary/aromatic N) is 3. The maximum Gasteiger partial charge on any atom is 0.298 e. The van der Waals surface area contributed by atoms with E-state index in [-0.39, 0.29) is 11.6 Å². The Balaban J connectivity index is 3.07. The van der Waals surface area contributed by atoms with Gasteiger partial charge in [0.15, 0.2) is 5.69 Å². The number of carbonyl (C=O) groups excluding carboxylic acids is 1. The van der Waals surface area contributed by atoms with Crippen LogP contribution in [0.2, 0.25) is 0 Å². The highest BCUT2D eigenvalue weighted by Crippen LogP contribution is 2.19. The summed E-state index contributed by atoms with van der Waals surface area (Å²) in [6.07, 6.45) is 17.8. The second-order valence-electron chi connectivity index (χ2n) is 6.00. The molecule has 1 amide bonds. The summed E-state index contributed by atoms with van der Waals surface area (Å²) >= 11 is 4.67. The van der Waals surface area contributed by atoms with Crippen molar-refractivity contribution in [2.75, 3.05) is 24.2 Å². The quantitative estimate of drug-likeness (QED) is 0.246. The Labute approximate surface area is 191 Å². The summed E-state index contributed by atoms with van der Waals surface area (Å²) in [5, 5.41) is 9.17. The zero-order valence-corrected chi connectivity index (χ0v) is 20.1. The van der Waals surface area contributed by atoms with Crippen LogP contribution >= 0.6 is 27.9 Å². The number of oxazole rings is 1. The van der Waals surface area contributed by atoms with Gasteiger partial charge in [0, 0.05) is 29.4 Å². The molecule has 0 aliphatic heterocycles. The average molecular weight is 491 g/mol. The van der Waals surface area contributed by atoms with E-state index >= 15 is 0 Å². The molecule has 160 valence electrons. The molecule has 0 aromatic carbocycles. The number of nitriles is 1. The van der Waals surface area contributed by atoms with Gasteiger partial charge in [-0.1, -0.05) is 71.3 Å². The van der Waals surface area contributed by atoms with Crippen LogP contribution in [0.4, 0.5) is 6.01 Å². The van der Waals surface area contributed by atoms with E-state index in [2.05, 4.69) is 31.7 Å². The molecule has 6 nitrogen and oxygen atoms in total. The van der Waals surface area contributed by atoms with Crippen LogP contribution in [-0.4, -0.2) is 30.2 Å². The molecule has 1 N–H and O–H groups in total. The fourth-order valence-electron chi connectivity index (χ4n) is 2.34. The molecule has 0 aliphatic carbocycles. The lowest BCUT2D eigenvalue weighted by molar-refractivity contribution is 0.0979. The van der Waals surface area contributed by atoms with Crippen molar-refractivity contribution in [1.82, 2.24) is 9.71 Å². The van der Waals surface area contributed by atoms with E-state index in [1.807, 2.05) is 61.3 Å². The van der Waals surface area contributed by atoms with Crippen molar-refractivity contribution in [2.24, 2.45) is 0 Å². The number of anilines is 1. The van der Waals surface area contributed by atoms with Crippen molar-refractivity contribution in [1.29, 1.82) is 5.26 Å². The van der Waals surface area contributed by atoms with Crippen LogP contribution in [-0.2, 0) is 0 Å². The first-order valence-electron chi connectivity index (χ1n) is 9.44. The van der Waals surface area contributed by atoms with Gasteiger partial charge in [-0.15, -0.1) is 0 Å². The molecule has 8 heteroatoms. The minimum Gasteiger partial charge on any atom is -0.428 e. The van der Waals surface area contributed by atoms with Gasteiger partial charge in [-0.05, 0) is 32.4 Å². The van der Waals surface area contributed by atoms with Crippen LogP contribution in [0.5, 0.6) is 0 Å². The molecule has 1 heterocycles. The van der Waals surface area contributed by atoms with Crippen LogP contribution in [0, 0.1) is 18.3 Å². The Morgan fingerprint density at radius 2 is 2.10 bits per heavy atom. The van der Waals surface area contributed by atoms with Crippen LogP contribution < -0.4 is 9.62 Å². The average Bonchev–Trinajstić information content (AvgIpc) is 3.11. The lowest BCUT2D eigenvalue weighted by Crippen LogP contribution is -2.24. The maximum atomic E-state index is 12.1. The smallest absolute Gasteiger partial charge is 0.298 e. The molecule has 0 fully saturated rings. The first-order chi connectivity index (χ1) is 14.5. The summed E-state index contributed by atoms with van der Waals surface area (Å²) in [6.45, 7) is 6.63. The Morgan fingerprint density at radius 1 is 1.37 bits per heavy atom. The standard InChI is InChI=1S/C22H27BrN4O2S/c1-5-10-18(16-24)12-9-15-27(14-8-7-13-19(23)11-6-2)22-25-20(17(3)29-22)21(28)26-30-4/h6-13H,5,14-15H2,1-4H3,(H,26,28)/b8-7+,11-6-,12-9-,18-10+,19-13+. The molecule has 0 unspecified atom stereocenters. The second-order valence-corrected chi connectivity index (χ2v) is 7.53. The van der Waals surface area contributed by atoms with E-state index in [9.17, 15) is 10.1 Å². The van der Waals surface area contributed by atoms with Crippen molar-refractivity contribution >= 4 is 39.8 Å². The Kier molecular flexibility index (Phi) is 12.3. The number of amides is 1. The highest BCUT2D eigenvalue weighted by Gasteiger charge is 2.19. The minimum absolute atomic E-state index is 0.261. The normalized spacial score (nSPS) is 12.8. The number of nitrogens with one attached hydrogen (secondary N) is 1. The predicted molar refractivity (Wildman–Crippen MR) is 129 cm³/mol. The number of hydrogen-bond donors (Lipinski definition) is 1. The molecule has 1 aromatic heterocycles. The summed E-state index contributed by atoms with van der Waals surface area (Å²) < 4.78 is 9.37. The van der Waals surface area contributed by atoms with Gasteiger partial charge in [0.25, 0.3) is 11.9 Å². The molecule has 0 saturated carbocycles. The van der Waals surface area contributed by atoms with Gasteiger partial charge >= 0.3 is 0 Å². The summed E-state index contributed by atoms with van der Waals surface area (Å²) in [5.74, 6) is 0.158. The van der Waals surface area contributed by atoms with E-state index in [1.165, 1.54) is 11.9 Å². The SMILES string of the molecule is C\C=C/C(Br)=C\C=C\CN(C/C=C\C(C#N)=C/CC)c1nc(C(=O)NSC)c(C)o1. The molecule has 30 heavy (non-hydrogen) atoms. The topological polar surface area (TPSA) is 82.2 Å². The zero-order chi connectivity index (χ0) is 22.4. The number of allylic oxidation sites excluding steroid dienone is 8. The van der Waals surface area contributed by atoms with Crippen LogP contribution in [0.25, 0.3) is 0 Å². The van der Waals surface area contributed by atoms with E-state index in [4.69, 9.17) is 4.42 Å². The molecule has 0 atom stereocenters. The van der Waals surface area contributed by atoms with E-state index in [1.54, 1.807) is 19.3 Å².